The number of Topliss-reactive ketones (excluding diaryl/α,β-unsaturated/α-hetero) is 1. The minimum absolute atomic E-state index is 0.238. The number of fused-ring (bicyclic) bond motifs is 2. The van der Waals surface area contributed by atoms with Gasteiger partial charge < -0.3 is 0 Å². The SMILES string of the molecule is CC(=O)CN1CC2Cc3ccc(Cl)cc3C(c3ccc(Cl)cc3)C2C1. The summed E-state index contributed by atoms with van der Waals surface area (Å²) < 4.78 is 0. The van der Waals surface area contributed by atoms with Crippen LogP contribution in [-0.4, -0.2) is 30.3 Å². The van der Waals surface area contributed by atoms with Crippen molar-refractivity contribution >= 4 is 29.0 Å². The predicted octanol–water partition coefficient (Wildman–Crippen LogP) is 4.82. The van der Waals surface area contributed by atoms with Crippen LogP contribution in [0.1, 0.15) is 29.5 Å². The van der Waals surface area contributed by atoms with Gasteiger partial charge in [0.2, 0.25) is 0 Å². The second-order valence-corrected chi connectivity index (χ2v) is 8.27. The number of carbonyl (C=O) groups is 1. The Balaban J connectivity index is 1.75. The van der Waals surface area contributed by atoms with E-state index >= 15 is 0 Å². The van der Waals surface area contributed by atoms with E-state index in [9.17, 15) is 4.79 Å². The van der Waals surface area contributed by atoms with Crippen molar-refractivity contribution in [2.75, 3.05) is 19.6 Å². The molecular formula is C21H21Cl2NO. The van der Waals surface area contributed by atoms with Crippen LogP contribution in [-0.2, 0) is 11.2 Å². The van der Waals surface area contributed by atoms with Crippen LogP contribution < -0.4 is 0 Å². The maximum absolute atomic E-state index is 11.6. The summed E-state index contributed by atoms with van der Waals surface area (Å²) in [6.45, 7) is 4.19. The first-order valence-corrected chi connectivity index (χ1v) is 9.52. The third-order valence-corrected chi connectivity index (χ3v) is 6.08. The quantitative estimate of drug-likeness (QED) is 0.768. The molecule has 1 saturated heterocycles. The third kappa shape index (κ3) is 3.36. The van der Waals surface area contributed by atoms with E-state index in [4.69, 9.17) is 23.2 Å². The number of carbonyl (C=O) groups excluding carboxylic acids is 1. The van der Waals surface area contributed by atoms with Gasteiger partial charge in [-0.05, 0) is 66.1 Å². The molecule has 0 saturated carbocycles. The first-order valence-electron chi connectivity index (χ1n) is 8.77. The highest BCUT2D eigenvalue weighted by molar-refractivity contribution is 6.30. The molecule has 0 spiro atoms. The Kier molecular flexibility index (Phi) is 4.61. The number of ketones is 1. The summed E-state index contributed by atoms with van der Waals surface area (Å²) in [6, 6.07) is 14.5. The number of nitrogens with zero attached hydrogens (tertiary/aromatic N) is 1. The highest BCUT2D eigenvalue weighted by atomic mass is 35.5. The molecule has 1 heterocycles. The fourth-order valence-corrected chi connectivity index (χ4v) is 4.98. The van der Waals surface area contributed by atoms with Gasteiger partial charge in [-0.2, -0.15) is 0 Å². The zero-order chi connectivity index (χ0) is 17.6. The van der Waals surface area contributed by atoms with E-state index in [0.29, 0.717) is 24.3 Å². The van der Waals surface area contributed by atoms with Crippen LogP contribution >= 0.6 is 23.2 Å². The molecule has 4 heteroatoms. The van der Waals surface area contributed by atoms with Crippen molar-refractivity contribution < 1.29 is 4.79 Å². The lowest BCUT2D eigenvalue weighted by atomic mass is 9.68. The summed E-state index contributed by atoms with van der Waals surface area (Å²) in [5, 5.41) is 1.54. The lowest BCUT2D eigenvalue weighted by Gasteiger charge is -2.36. The molecule has 0 N–H and O–H groups in total. The largest absolute Gasteiger partial charge is 0.299 e. The fraction of sp³-hybridized carbons (Fsp3) is 0.381. The van der Waals surface area contributed by atoms with Crippen molar-refractivity contribution in [3.63, 3.8) is 0 Å². The Labute approximate surface area is 158 Å². The lowest BCUT2D eigenvalue weighted by molar-refractivity contribution is -0.117. The van der Waals surface area contributed by atoms with Crippen LogP contribution in [0.4, 0.5) is 0 Å². The van der Waals surface area contributed by atoms with Crippen LogP contribution in [0.3, 0.4) is 0 Å². The van der Waals surface area contributed by atoms with Crippen molar-refractivity contribution in [2.45, 2.75) is 19.3 Å². The second kappa shape index (κ2) is 6.75. The molecule has 130 valence electrons. The van der Waals surface area contributed by atoms with Gasteiger partial charge in [0, 0.05) is 29.1 Å². The van der Waals surface area contributed by atoms with Crippen LogP contribution in [0.25, 0.3) is 0 Å². The molecule has 1 aliphatic heterocycles. The normalized spacial score (nSPS) is 25.5. The van der Waals surface area contributed by atoms with Gasteiger partial charge in [0.1, 0.15) is 5.78 Å². The Morgan fingerprint density at radius 3 is 2.52 bits per heavy atom. The van der Waals surface area contributed by atoms with E-state index in [1.54, 1.807) is 6.92 Å². The predicted molar refractivity (Wildman–Crippen MR) is 103 cm³/mol. The summed E-state index contributed by atoms with van der Waals surface area (Å²) in [5.74, 6) is 1.63. The van der Waals surface area contributed by atoms with Crippen LogP contribution in [0.15, 0.2) is 42.5 Å². The maximum Gasteiger partial charge on any atom is 0.143 e. The van der Waals surface area contributed by atoms with Gasteiger partial charge in [-0.1, -0.05) is 41.4 Å². The number of rotatable bonds is 3. The number of hydrogen-bond acceptors (Lipinski definition) is 2. The van der Waals surface area contributed by atoms with Crippen molar-refractivity contribution in [2.24, 2.45) is 11.8 Å². The smallest absolute Gasteiger partial charge is 0.143 e. The minimum Gasteiger partial charge on any atom is -0.299 e. The second-order valence-electron chi connectivity index (χ2n) is 7.40. The molecule has 0 bridgehead atoms. The summed E-state index contributed by atoms with van der Waals surface area (Å²) in [4.78, 5) is 13.9. The average molecular weight is 374 g/mol. The van der Waals surface area contributed by atoms with E-state index in [2.05, 4.69) is 29.2 Å². The zero-order valence-corrected chi connectivity index (χ0v) is 15.7. The molecular weight excluding hydrogens is 353 g/mol. The summed E-state index contributed by atoms with van der Waals surface area (Å²) in [6.07, 6.45) is 1.07. The number of likely N-dealkylation sites (tertiary alicyclic amines) is 1. The Morgan fingerprint density at radius 2 is 1.80 bits per heavy atom. The van der Waals surface area contributed by atoms with E-state index in [-0.39, 0.29) is 5.78 Å². The monoisotopic (exact) mass is 373 g/mol. The van der Waals surface area contributed by atoms with Crippen LogP contribution in [0, 0.1) is 11.8 Å². The van der Waals surface area contributed by atoms with E-state index in [1.807, 2.05) is 18.2 Å². The highest BCUT2D eigenvalue weighted by Crippen LogP contribution is 2.47. The molecule has 2 nitrogen and oxygen atoms in total. The highest BCUT2D eigenvalue weighted by Gasteiger charge is 2.43. The van der Waals surface area contributed by atoms with Gasteiger partial charge in [-0.3, -0.25) is 9.69 Å². The molecule has 3 unspecified atom stereocenters. The van der Waals surface area contributed by atoms with E-state index in [0.717, 1.165) is 29.6 Å². The lowest BCUT2D eigenvalue weighted by Crippen LogP contribution is -2.29. The van der Waals surface area contributed by atoms with Crippen LogP contribution in [0.2, 0.25) is 10.0 Å². The van der Waals surface area contributed by atoms with Gasteiger partial charge in [0.05, 0.1) is 6.54 Å². The van der Waals surface area contributed by atoms with Gasteiger partial charge in [-0.15, -0.1) is 0 Å². The Hall–Kier alpha value is -1.35. The molecule has 4 rings (SSSR count). The summed E-state index contributed by atoms with van der Waals surface area (Å²) >= 11 is 12.4. The molecule has 0 radical (unpaired) electrons. The fourth-order valence-electron chi connectivity index (χ4n) is 4.68. The maximum atomic E-state index is 11.6. The van der Waals surface area contributed by atoms with Crippen molar-refractivity contribution in [3.05, 3.63) is 69.2 Å². The number of hydrogen-bond donors (Lipinski definition) is 0. The van der Waals surface area contributed by atoms with Gasteiger partial charge in [0.15, 0.2) is 0 Å². The topological polar surface area (TPSA) is 20.3 Å². The molecule has 2 aromatic carbocycles. The third-order valence-electron chi connectivity index (χ3n) is 5.60. The Morgan fingerprint density at radius 1 is 1.08 bits per heavy atom. The zero-order valence-electron chi connectivity index (χ0n) is 14.2. The first kappa shape index (κ1) is 17.1. The van der Waals surface area contributed by atoms with E-state index < -0.39 is 0 Å². The van der Waals surface area contributed by atoms with E-state index in [1.165, 1.54) is 16.7 Å². The average Bonchev–Trinajstić information content (AvgIpc) is 2.94. The summed E-state index contributed by atoms with van der Waals surface area (Å²) in [5.41, 5.74) is 4.00. The van der Waals surface area contributed by atoms with Crippen molar-refractivity contribution in [3.8, 4) is 0 Å². The molecule has 2 aliphatic rings. The standard InChI is InChI=1S/C21H21Cl2NO/c1-13(25)10-24-11-16-8-15-4-7-18(23)9-19(15)21(20(16)12-24)14-2-5-17(22)6-3-14/h2-7,9,16,20-21H,8,10-12H2,1H3. The number of halogens is 2. The molecule has 3 atom stereocenters. The minimum atomic E-state index is 0.238. The molecule has 1 aliphatic carbocycles. The van der Waals surface area contributed by atoms with Gasteiger partial charge in [0.25, 0.3) is 0 Å². The molecule has 0 aromatic heterocycles. The number of benzene rings is 2. The van der Waals surface area contributed by atoms with Gasteiger partial charge in [-0.25, -0.2) is 0 Å². The first-order chi connectivity index (χ1) is 12.0. The van der Waals surface area contributed by atoms with Gasteiger partial charge >= 0.3 is 0 Å². The van der Waals surface area contributed by atoms with Crippen LogP contribution in [0.5, 0.6) is 0 Å². The molecule has 2 aromatic rings. The molecule has 25 heavy (non-hydrogen) atoms. The van der Waals surface area contributed by atoms with Crippen molar-refractivity contribution in [1.29, 1.82) is 0 Å². The molecule has 0 amide bonds. The molecule has 1 fully saturated rings. The Bertz CT molecular complexity index is 802. The summed E-state index contributed by atoms with van der Waals surface area (Å²) in [7, 11) is 0. The van der Waals surface area contributed by atoms with Crippen molar-refractivity contribution in [1.82, 2.24) is 4.90 Å².